The Bertz CT molecular complexity index is 389. The van der Waals surface area contributed by atoms with Gasteiger partial charge in [0.25, 0.3) is 0 Å². The fraction of sp³-hybridized carbons (Fsp3) is 0.417. The van der Waals surface area contributed by atoms with Gasteiger partial charge in [0.05, 0.1) is 0 Å². The van der Waals surface area contributed by atoms with E-state index in [1.807, 2.05) is 0 Å². The summed E-state index contributed by atoms with van der Waals surface area (Å²) in [5, 5.41) is 0. The zero-order valence-electron chi connectivity index (χ0n) is 8.30. The van der Waals surface area contributed by atoms with Crippen LogP contribution in [0.4, 0.5) is 4.39 Å². The van der Waals surface area contributed by atoms with Crippen LogP contribution in [0.25, 0.3) is 0 Å². The third-order valence-corrected chi connectivity index (χ3v) is 3.58. The van der Waals surface area contributed by atoms with E-state index in [1.165, 1.54) is 12.1 Å². The maximum atomic E-state index is 12.9. The third kappa shape index (κ3) is 2.28. The van der Waals surface area contributed by atoms with Crippen LogP contribution in [0.5, 0.6) is 0 Å². The molecule has 1 fully saturated rings. The van der Waals surface area contributed by atoms with Gasteiger partial charge in [-0.05, 0) is 30.5 Å². The average molecular weight is 271 g/mol. The van der Waals surface area contributed by atoms with Crippen molar-refractivity contribution in [3.05, 3.63) is 34.1 Å². The number of carbonyl (C=O) groups excluding carboxylic acids is 1. The van der Waals surface area contributed by atoms with Crippen LogP contribution in [0.15, 0.2) is 22.7 Å². The van der Waals surface area contributed by atoms with Gasteiger partial charge < -0.3 is 0 Å². The van der Waals surface area contributed by atoms with Gasteiger partial charge in [0.2, 0.25) is 0 Å². The van der Waals surface area contributed by atoms with Crippen LogP contribution < -0.4 is 0 Å². The molecule has 0 amide bonds. The molecule has 1 saturated carbocycles. The van der Waals surface area contributed by atoms with E-state index in [1.54, 1.807) is 6.07 Å². The highest BCUT2D eigenvalue weighted by atomic mass is 79.9. The Morgan fingerprint density at radius 1 is 1.33 bits per heavy atom. The number of benzene rings is 1. The summed E-state index contributed by atoms with van der Waals surface area (Å²) >= 11 is 3.32. The quantitative estimate of drug-likeness (QED) is 0.759. The van der Waals surface area contributed by atoms with E-state index < -0.39 is 0 Å². The molecule has 0 spiro atoms. The molecule has 80 valence electrons. The van der Waals surface area contributed by atoms with Gasteiger partial charge in [-0.1, -0.05) is 28.4 Å². The van der Waals surface area contributed by atoms with Crippen molar-refractivity contribution in [3.63, 3.8) is 0 Å². The normalized spacial score (nSPS) is 21.7. The lowest BCUT2D eigenvalue weighted by Crippen LogP contribution is -2.17. The van der Waals surface area contributed by atoms with Gasteiger partial charge >= 0.3 is 0 Å². The Hall–Kier alpha value is -0.700. The molecule has 0 saturated heterocycles. The van der Waals surface area contributed by atoms with Gasteiger partial charge in [0.15, 0.2) is 0 Å². The summed E-state index contributed by atoms with van der Waals surface area (Å²) in [6, 6.07) is 4.56. The highest BCUT2D eigenvalue weighted by Gasteiger charge is 2.25. The van der Waals surface area contributed by atoms with Crippen LogP contribution in [-0.2, 0) is 4.79 Å². The van der Waals surface area contributed by atoms with Gasteiger partial charge in [0.1, 0.15) is 11.6 Å². The van der Waals surface area contributed by atoms with Crippen molar-refractivity contribution in [2.75, 3.05) is 0 Å². The zero-order valence-corrected chi connectivity index (χ0v) is 9.89. The summed E-state index contributed by atoms with van der Waals surface area (Å²) < 4.78 is 13.6. The fourth-order valence-corrected chi connectivity index (χ4v) is 2.72. The molecule has 0 radical (unpaired) electrons. The predicted octanol–water partition coefficient (Wildman–Crippen LogP) is 3.81. The number of ketones is 1. The van der Waals surface area contributed by atoms with E-state index >= 15 is 0 Å². The minimum atomic E-state index is -0.270. The molecule has 0 aliphatic heterocycles. The van der Waals surface area contributed by atoms with Crippen LogP contribution in [0, 0.1) is 5.82 Å². The van der Waals surface area contributed by atoms with E-state index in [4.69, 9.17) is 0 Å². The second kappa shape index (κ2) is 4.44. The average Bonchev–Trinajstić information content (AvgIpc) is 2.20. The number of hydrogen-bond acceptors (Lipinski definition) is 1. The van der Waals surface area contributed by atoms with Crippen molar-refractivity contribution < 1.29 is 9.18 Å². The second-order valence-electron chi connectivity index (χ2n) is 3.93. The number of rotatable bonds is 1. The van der Waals surface area contributed by atoms with E-state index in [9.17, 15) is 9.18 Å². The number of halogens is 2. The molecule has 1 aromatic carbocycles. The molecule has 1 unspecified atom stereocenters. The first-order valence-electron chi connectivity index (χ1n) is 5.16. The minimum Gasteiger partial charge on any atom is -0.299 e. The zero-order chi connectivity index (χ0) is 10.8. The van der Waals surface area contributed by atoms with Gasteiger partial charge in [-0.3, -0.25) is 4.79 Å². The molecule has 1 aliphatic carbocycles. The van der Waals surface area contributed by atoms with E-state index in [0.717, 1.165) is 24.8 Å². The Balaban J connectivity index is 2.31. The van der Waals surface area contributed by atoms with E-state index in [0.29, 0.717) is 10.9 Å². The predicted molar refractivity (Wildman–Crippen MR) is 60.3 cm³/mol. The minimum absolute atomic E-state index is 0.0336. The van der Waals surface area contributed by atoms with E-state index in [2.05, 4.69) is 15.9 Å². The van der Waals surface area contributed by atoms with E-state index in [-0.39, 0.29) is 17.5 Å². The topological polar surface area (TPSA) is 17.1 Å². The smallest absolute Gasteiger partial charge is 0.140 e. The Kier molecular flexibility index (Phi) is 3.19. The second-order valence-corrected chi connectivity index (χ2v) is 4.78. The first kappa shape index (κ1) is 10.8. The Labute approximate surface area is 96.8 Å². The molecular weight excluding hydrogens is 259 g/mol. The summed E-state index contributed by atoms with van der Waals surface area (Å²) in [7, 11) is 0. The first-order valence-corrected chi connectivity index (χ1v) is 5.95. The molecule has 0 heterocycles. The lowest BCUT2D eigenvalue weighted by Gasteiger charge is -2.21. The van der Waals surface area contributed by atoms with Crippen LogP contribution in [0.3, 0.4) is 0 Å². The van der Waals surface area contributed by atoms with Crippen LogP contribution in [0.1, 0.15) is 37.2 Å². The van der Waals surface area contributed by atoms with Crippen molar-refractivity contribution in [3.8, 4) is 0 Å². The van der Waals surface area contributed by atoms with Gasteiger partial charge in [-0.2, -0.15) is 0 Å². The van der Waals surface area contributed by atoms with Gasteiger partial charge in [-0.15, -0.1) is 0 Å². The molecule has 1 aromatic rings. The van der Waals surface area contributed by atoms with Crippen LogP contribution in [0.2, 0.25) is 0 Å². The summed E-state index contributed by atoms with van der Waals surface area (Å²) in [5.41, 5.74) is 0.932. The molecule has 1 atom stereocenters. The van der Waals surface area contributed by atoms with Crippen LogP contribution in [-0.4, -0.2) is 5.78 Å². The van der Waals surface area contributed by atoms with Crippen molar-refractivity contribution in [2.45, 2.75) is 31.6 Å². The summed E-state index contributed by atoms with van der Waals surface area (Å²) in [6.45, 7) is 0. The van der Waals surface area contributed by atoms with Gasteiger partial charge in [0, 0.05) is 16.8 Å². The van der Waals surface area contributed by atoms with Crippen molar-refractivity contribution in [1.29, 1.82) is 0 Å². The summed E-state index contributed by atoms with van der Waals surface area (Å²) in [6.07, 6.45) is 3.63. The fourth-order valence-electron chi connectivity index (χ4n) is 2.10. The lowest BCUT2D eigenvalue weighted by molar-refractivity contribution is -0.121. The Morgan fingerprint density at radius 2 is 2.13 bits per heavy atom. The largest absolute Gasteiger partial charge is 0.299 e. The van der Waals surface area contributed by atoms with Gasteiger partial charge in [-0.25, -0.2) is 4.39 Å². The van der Waals surface area contributed by atoms with Crippen LogP contribution >= 0.6 is 15.9 Å². The standard InChI is InChI=1S/C12H12BrFO/c13-11-7-8(14)5-6-9(11)10-3-1-2-4-12(10)15/h5-7,10H,1-4H2. The number of Topliss-reactive ketones (excluding diaryl/α,β-unsaturated/α-hetero) is 1. The van der Waals surface area contributed by atoms with Crippen molar-refractivity contribution in [1.82, 2.24) is 0 Å². The highest BCUT2D eigenvalue weighted by molar-refractivity contribution is 9.10. The molecular formula is C12H12BrFO. The first-order chi connectivity index (χ1) is 7.18. The van der Waals surface area contributed by atoms with Crippen molar-refractivity contribution in [2.24, 2.45) is 0 Å². The molecule has 1 aliphatic rings. The molecule has 1 nitrogen and oxygen atoms in total. The number of carbonyl (C=O) groups is 1. The third-order valence-electron chi connectivity index (χ3n) is 2.89. The highest BCUT2D eigenvalue weighted by Crippen LogP contribution is 2.34. The summed E-state index contributed by atoms with van der Waals surface area (Å²) in [4.78, 5) is 11.7. The van der Waals surface area contributed by atoms with Crippen molar-refractivity contribution >= 4 is 21.7 Å². The molecule has 0 aromatic heterocycles. The molecule has 2 rings (SSSR count). The molecule has 0 bridgehead atoms. The maximum Gasteiger partial charge on any atom is 0.140 e. The SMILES string of the molecule is O=C1CCCCC1c1ccc(F)cc1Br. The molecule has 0 N–H and O–H groups in total. The number of hydrogen-bond donors (Lipinski definition) is 0. The summed E-state index contributed by atoms with van der Waals surface area (Å²) in [5.74, 6) is -0.0174. The Morgan fingerprint density at radius 3 is 2.80 bits per heavy atom. The lowest BCUT2D eigenvalue weighted by atomic mass is 9.83. The monoisotopic (exact) mass is 270 g/mol. The molecule has 15 heavy (non-hydrogen) atoms. The molecule has 3 heteroatoms. The maximum absolute atomic E-state index is 12.9.